The van der Waals surface area contributed by atoms with Crippen molar-refractivity contribution in [3.8, 4) is 5.82 Å². The van der Waals surface area contributed by atoms with Crippen LogP contribution in [0.1, 0.15) is 22.5 Å². The van der Waals surface area contributed by atoms with Crippen LogP contribution in [-0.4, -0.2) is 29.8 Å². The highest BCUT2D eigenvalue weighted by molar-refractivity contribution is 5.75. The van der Waals surface area contributed by atoms with Crippen molar-refractivity contribution in [1.29, 1.82) is 0 Å². The van der Waals surface area contributed by atoms with Crippen LogP contribution in [0.25, 0.3) is 5.82 Å². The highest BCUT2D eigenvalue weighted by Crippen LogP contribution is 2.10. The molecule has 0 spiro atoms. The summed E-state index contributed by atoms with van der Waals surface area (Å²) in [4.78, 5) is 41.8. The van der Waals surface area contributed by atoms with Crippen molar-refractivity contribution in [3.63, 3.8) is 0 Å². The molecule has 0 aliphatic carbocycles. The summed E-state index contributed by atoms with van der Waals surface area (Å²) in [6, 6.07) is 16.4. The number of aryl methyl sites for hydroxylation is 2. The molecule has 0 fully saturated rings. The number of carbonyl (C=O) groups is 1. The molecule has 0 radical (unpaired) electrons. The first kappa shape index (κ1) is 21.9. The van der Waals surface area contributed by atoms with Crippen LogP contribution in [0.2, 0.25) is 0 Å². The molecular formula is C24H24N6O3. The number of nitrogens with one attached hydrogen (secondary N) is 1. The van der Waals surface area contributed by atoms with Crippen molar-refractivity contribution in [1.82, 2.24) is 29.2 Å². The number of benzene rings is 1. The van der Waals surface area contributed by atoms with E-state index in [9.17, 15) is 14.4 Å². The molecule has 9 heteroatoms. The standard InChI is InChI=1S/C24H24N6O3/c1-17-12-18(2)30(27-17)21-9-8-20(13-25-21)14-26-22(31)16-29-23(32)10-11-28(24(29)33)15-19-6-4-3-5-7-19/h3-13H,14-16H2,1-2H3,(H,26,31). The van der Waals surface area contributed by atoms with Gasteiger partial charge in [-0.05, 0) is 37.1 Å². The number of pyridine rings is 1. The molecule has 0 unspecified atom stereocenters. The molecule has 1 N–H and O–H groups in total. The Bertz CT molecular complexity index is 1380. The van der Waals surface area contributed by atoms with Crippen LogP contribution < -0.4 is 16.6 Å². The van der Waals surface area contributed by atoms with E-state index in [1.807, 2.05) is 62.4 Å². The predicted molar refractivity (Wildman–Crippen MR) is 123 cm³/mol. The van der Waals surface area contributed by atoms with Gasteiger partial charge in [-0.3, -0.25) is 18.7 Å². The van der Waals surface area contributed by atoms with Crippen molar-refractivity contribution in [2.45, 2.75) is 33.5 Å². The number of rotatable bonds is 7. The lowest BCUT2D eigenvalue weighted by Crippen LogP contribution is -2.43. The number of nitrogens with zero attached hydrogens (tertiary/aromatic N) is 5. The minimum atomic E-state index is -0.530. The van der Waals surface area contributed by atoms with E-state index in [2.05, 4.69) is 15.4 Å². The monoisotopic (exact) mass is 444 g/mol. The first-order valence-corrected chi connectivity index (χ1v) is 10.5. The Labute approximate surface area is 190 Å². The molecule has 0 aliphatic heterocycles. The number of hydrogen-bond donors (Lipinski definition) is 1. The Morgan fingerprint density at radius 2 is 1.79 bits per heavy atom. The van der Waals surface area contributed by atoms with E-state index in [0.717, 1.165) is 27.1 Å². The summed E-state index contributed by atoms with van der Waals surface area (Å²) in [7, 11) is 0. The van der Waals surface area contributed by atoms with Crippen LogP contribution in [0.3, 0.4) is 0 Å². The highest BCUT2D eigenvalue weighted by atomic mass is 16.2. The van der Waals surface area contributed by atoms with E-state index in [0.29, 0.717) is 12.4 Å². The maximum atomic E-state index is 12.7. The number of aromatic nitrogens is 5. The van der Waals surface area contributed by atoms with Crippen LogP contribution >= 0.6 is 0 Å². The van der Waals surface area contributed by atoms with Gasteiger partial charge >= 0.3 is 5.69 Å². The Morgan fingerprint density at radius 1 is 1.00 bits per heavy atom. The SMILES string of the molecule is Cc1cc(C)n(-c2ccc(CNC(=O)Cn3c(=O)ccn(Cc4ccccc4)c3=O)cn2)n1. The minimum absolute atomic E-state index is 0.225. The van der Waals surface area contributed by atoms with Crippen LogP contribution in [0, 0.1) is 13.8 Å². The molecule has 168 valence electrons. The van der Waals surface area contributed by atoms with E-state index in [1.165, 1.54) is 16.8 Å². The van der Waals surface area contributed by atoms with E-state index >= 15 is 0 Å². The fraction of sp³-hybridized carbons (Fsp3) is 0.208. The third-order valence-corrected chi connectivity index (χ3v) is 5.16. The van der Waals surface area contributed by atoms with E-state index in [1.54, 1.807) is 10.9 Å². The summed E-state index contributed by atoms with van der Waals surface area (Å²) < 4.78 is 4.09. The van der Waals surface area contributed by atoms with Gasteiger partial charge in [0.2, 0.25) is 5.91 Å². The Hall–Kier alpha value is -4.27. The highest BCUT2D eigenvalue weighted by Gasteiger charge is 2.11. The first-order chi connectivity index (χ1) is 15.9. The summed E-state index contributed by atoms with van der Waals surface area (Å²) in [5.74, 6) is 0.250. The van der Waals surface area contributed by atoms with Crippen molar-refractivity contribution in [2.24, 2.45) is 0 Å². The summed E-state index contributed by atoms with van der Waals surface area (Å²) >= 11 is 0. The van der Waals surface area contributed by atoms with Crippen molar-refractivity contribution in [2.75, 3.05) is 0 Å². The second kappa shape index (κ2) is 9.47. The smallest absolute Gasteiger partial charge is 0.331 e. The molecule has 3 aromatic heterocycles. The van der Waals surface area contributed by atoms with Gasteiger partial charge in [-0.25, -0.2) is 14.5 Å². The second-order valence-electron chi connectivity index (χ2n) is 7.78. The molecule has 0 saturated heterocycles. The van der Waals surface area contributed by atoms with Gasteiger partial charge in [-0.1, -0.05) is 36.4 Å². The predicted octanol–water partition coefficient (Wildman–Crippen LogP) is 1.57. The van der Waals surface area contributed by atoms with E-state index < -0.39 is 17.2 Å². The van der Waals surface area contributed by atoms with E-state index in [4.69, 9.17) is 0 Å². The molecule has 0 aliphatic rings. The van der Waals surface area contributed by atoms with Gasteiger partial charge in [0.15, 0.2) is 5.82 Å². The van der Waals surface area contributed by atoms with Gasteiger partial charge in [0.1, 0.15) is 6.54 Å². The molecule has 0 saturated carbocycles. The van der Waals surface area contributed by atoms with Crippen LogP contribution in [0.4, 0.5) is 0 Å². The minimum Gasteiger partial charge on any atom is -0.350 e. The molecule has 9 nitrogen and oxygen atoms in total. The summed E-state index contributed by atoms with van der Waals surface area (Å²) in [5.41, 5.74) is 2.55. The molecule has 1 aromatic carbocycles. The molecular weight excluding hydrogens is 420 g/mol. The lowest BCUT2D eigenvalue weighted by Gasteiger charge is -2.11. The normalized spacial score (nSPS) is 10.8. The van der Waals surface area contributed by atoms with Crippen molar-refractivity contribution < 1.29 is 4.79 Å². The lowest BCUT2D eigenvalue weighted by atomic mass is 10.2. The zero-order valence-corrected chi connectivity index (χ0v) is 18.4. The Balaban J connectivity index is 1.41. The fourth-order valence-corrected chi connectivity index (χ4v) is 3.51. The zero-order chi connectivity index (χ0) is 23.4. The third kappa shape index (κ3) is 5.15. The van der Waals surface area contributed by atoms with Crippen LogP contribution in [0.15, 0.2) is 76.6 Å². The molecule has 3 heterocycles. The molecule has 1 amide bonds. The second-order valence-corrected chi connectivity index (χ2v) is 7.78. The van der Waals surface area contributed by atoms with Gasteiger partial charge < -0.3 is 5.32 Å². The van der Waals surface area contributed by atoms with Gasteiger partial charge in [0.05, 0.1) is 12.2 Å². The van der Waals surface area contributed by atoms with Crippen molar-refractivity contribution >= 4 is 5.91 Å². The summed E-state index contributed by atoms with van der Waals surface area (Å²) in [6.07, 6.45) is 3.11. The average Bonchev–Trinajstić information content (AvgIpc) is 3.16. The number of hydrogen-bond acceptors (Lipinski definition) is 5. The molecule has 4 rings (SSSR count). The zero-order valence-electron chi connectivity index (χ0n) is 18.4. The van der Waals surface area contributed by atoms with Gasteiger partial charge in [0, 0.05) is 30.7 Å². The molecule has 0 bridgehead atoms. The first-order valence-electron chi connectivity index (χ1n) is 10.5. The van der Waals surface area contributed by atoms with Gasteiger partial charge in [-0.15, -0.1) is 0 Å². The maximum absolute atomic E-state index is 12.7. The van der Waals surface area contributed by atoms with E-state index in [-0.39, 0.29) is 13.1 Å². The molecule has 4 aromatic rings. The van der Waals surface area contributed by atoms with Gasteiger partial charge in [0.25, 0.3) is 5.56 Å². The summed E-state index contributed by atoms with van der Waals surface area (Å²) in [5, 5.41) is 7.14. The Morgan fingerprint density at radius 3 is 2.45 bits per heavy atom. The average molecular weight is 444 g/mol. The largest absolute Gasteiger partial charge is 0.350 e. The Kier molecular flexibility index (Phi) is 6.30. The lowest BCUT2D eigenvalue weighted by molar-refractivity contribution is -0.121. The van der Waals surface area contributed by atoms with Crippen LogP contribution in [-0.2, 0) is 24.4 Å². The number of amides is 1. The molecule has 33 heavy (non-hydrogen) atoms. The topological polar surface area (TPSA) is 104 Å². The van der Waals surface area contributed by atoms with Crippen molar-refractivity contribution in [3.05, 3.63) is 110 Å². The number of carbonyl (C=O) groups excluding carboxylic acids is 1. The quantitative estimate of drug-likeness (QED) is 0.466. The third-order valence-electron chi connectivity index (χ3n) is 5.16. The fourth-order valence-electron chi connectivity index (χ4n) is 3.51. The molecule has 0 atom stereocenters. The van der Waals surface area contributed by atoms with Crippen LogP contribution in [0.5, 0.6) is 0 Å². The maximum Gasteiger partial charge on any atom is 0.331 e. The van der Waals surface area contributed by atoms with Gasteiger partial charge in [-0.2, -0.15) is 5.10 Å². The summed E-state index contributed by atoms with van der Waals surface area (Å²) in [6.45, 7) is 4.06.